The lowest BCUT2D eigenvalue weighted by atomic mass is 9.90. The van der Waals surface area contributed by atoms with E-state index in [0.29, 0.717) is 11.8 Å². The zero-order chi connectivity index (χ0) is 11.7. The predicted octanol–water partition coefficient (Wildman–Crippen LogP) is 5.09. The highest BCUT2D eigenvalue weighted by molar-refractivity contribution is 5.87. The molecule has 0 fully saturated rings. The molecule has 0 spiro atoms. The second kappa shape index (κ2) is 4.29. The molecule has 0 nitrogen and oxygen atoms in total. The molecular formula is C16H20. The summed E-state index contributed by atoms with van der Waals surface area (Å²) in [4.78, 5) is 0. The van der Waals surface area contributed by atoms with E-state index >= 15 is 0 Å². The zero-order valence-electron chi connectivity index (χ0n) is 10.6. The van der Waals surface area contributed by atoms with E-state index in [1.807, 2.05) is 0 Å². The molecule has 0 saturated carbocycles. The molecule has 2 rings (SSSR count). The first-order chi connectivity index (χ1) is 7.59. The van der Waals surface area contributed by atoms with Crippen LogP contribution in [0.15, 0.2) is 36.4 Å². The lowest BCUT2D eigenvalue weighted by Gasteiger charge is -2.14. The summed E-state index contributed by atoms with van der Waals surface area (Å²) in [5.41, 5.74) is 2.92. The topological polar surface area (TPSA) is 0 Å². The van der Waals surface area contributed by atoms with Crippen molar-refractivity contribution >= 4 is 10.8 Å². The molecule has 0 aliphatic carbocycles. The van der Waals surface area contributed by atoms with Crippen molar-refractivity contribution in [2.75, 3.05) is 0 Å². The summed E-state index contributed by atoms with van der Waals surface area (Å²) >= 11 is 0. The average molecular weight is 212 g/mol. The minimum absolute atomic E-state index is 0.587. The summed E-state index contributed by atoms with van der Waals surface area (Å²) in [6, 6.07) is 13.4. The van der Waals surface area contributed by atoms with E-state index in [1.54, 1.807) is 0 Å². The molecule has 0 N–H and O–H groups in total. The third-order valence-electron chi connectivity index (χ3n) is 3.20. The Hall–Kier alpha value is -1.30. The van der Waals surface area contributed by atoms with Gasteiger partial charge in [-0.15, -0.1) is 0 Å². The van der Waals surface area contributed by atoms with E-state index in [4.69, 9.17) is 0 Å². The van der Waals surface area contributed by atoms with Gasteiger partial charge in [0.15, 0.2) is 0 Å². The standard InChI is InChI=1S/C16H20/c1-11(2)14-9-13-7-5-6-8-15(13)16(10-14)12(3)4/h5-12H,1-4H3. The first kappa shape index (κ1) is 11.2. The van der Waals surface area contributed by atoms with Gasteiger partial charge < -0.3 is 0 Å². The molecule has 0 saturated heterocycles. The van der Waals surface area contributed by atoms with E-state index in [9.17, 15) is 0 Å². The van der Waals surface area contributed by atoms with Gasteiger partial charge >= 0.3 is 0 Å². The normalized spacial score (nSPS) is 11.6. The lowest BCUT2D eigenvalue weighted by Crippen LogP contribution is -1.95. The van der Waals surface area contributed by atoms with Crippen LogP contribution in [-0.4, -0.2) is 0 Å². The highest BCUT2D eigenvalue weighted by Crippen LogP contribution is 2.29. The third kappa shape index (κ3) is 1.97. The van der Waals surface area contributed by atoms with Crippen LogP contribution >= 0.6 is 0 Å². The second-order valence-corrected chi connectivity index (χ2v) is 5.14. The summed E-state index contributed by atoms with van der Waals surface area (Å²) < 4.78 is 0. The van der Waals surface area contributed by atoms with Crippen LogP contribution in [0.1, 0.15) is 50.7 Å². The van der Waals surface area contributed by atoms with Gasteiger partial charge in [-0.25, -0.2) is 0 Å². The molecule has 2 aromatic carbocycles. The summed E-state index contributed by atoms with van der Waals surface area (Å²) in [5.74, 6) is 1.19. The number of hydrogen-bond donors (Lipinski definition) is 0. The fourth-order valence-electron chi connectivity index (χ4n) is 2.18. The lowest BCUT2D eigenvalue weighted by molar-refractivity contribution is 0.842. The van der Waals surface area contributed by atoms with Gasteiger partial charge in [0, 0.05) is 0 Å². The Bertz CT molecular complexity index is 492. The number of rotatable bonds is 2. The molecule has 0 aromatic heterocycles. The molecule has 0 radical (unpaired) electrons. The number of fused-ring (bicyclic) bond motifs is 1. The highest BCUT2D eigenvalue weighted by atomic mass is 14.1. The van der Waals surface area contributed by atoms with Crippen LogP contribution in [-0.2, 0) is 0 Å². The smallest absolute Gasteiger partial charge is 0.0149 e. The van der Waals surface area contributed by atoms with Crippen LogP contribution in [0.25, 0.3) is 10.8 Å². The summed E-state index contributed by atoms with van der Waals surface area (Å²) in [7, 11) is 0. The van der Waals surface area contributed by atoms with Crippen LogP contribution in [0.3, 0.4) is 0 Å². The van der Waals surface area contributed by atoms with E-state index in [0.717, 1.165) is 0 Å². The van der Waals surface area contributed by atoms with Crippen LogP contribution < -0.4 is 0 Å². The van der Waals surface area contributed by atoms with Crippen molar-refractivity contribution in [3.63, 3.8) is 0 Å². The number of benzene rings is 2. The highest BCUT2D eigenvalue weighted by Gasteiger charge is 2.08. The van der Waals surface area contributed by atoms with Crippen molar-refractivity contribution in [1.29, 1.82) is 0 Å². The van der Waals surface area contributed by atoms with Gasteiger partial charge in [-0.3, -0.25) is 0 Å². The van der Waals surface area contributed by atoms with Crippen molar-refractivity contribution in [3.05, 3.63) is 47.5 Å². The Balaban J connectivity index is 2.74. The van der Waals surface area contributed by atoms with E-state index < -0.39 is 0 Å². The van der Waals surface area contributed by atoms with Gasteiger partial charge in [0.2, 0.25) is 0 Å². The van der Waals surface area contributed by atoms with Crippen molar-refractivity contribution in [3.8, 4) is 0 Å². The van der Waals surface area contributed by atoms with E-state index in [1.165, 1.54) is 21.9 Å². The molecule has 0 aliphatic rings. The summed E-state index contributed by atoms with van der Waals surface area (Å²) in [6.45, 7) is 9.06. The maximum absolute atomic E-state index is 2.37. The molecule has 0 bridgehead atoms. The molecule has 0 aliphatic heterocycles. The van der Waals surface area contributed by atoms with Crippen LogP contribution in [0, 0.1) is 0 Å². The molecule has 84 valence electrons. The quantitative estimate of drug-likeness (QED) is 0.650. The summed E-state index contributed by atoms with van der Waals surface area (Å²) in [5, 5.41) is 2.78. The molecule has 2 aromatic rings. The molecule has 0 heterocycles. The minimum Gasteiger partial charge on any atom is -0.0616 e. The second-order valence-electron chi connectivity index (χ2n) is 5.14. The Kier molecular flexibility index (Phi) is 3.00. The molecule has 0 atom stereocenters. The van der Waals surface area contributed by atoms with Gasteiger partial charge in [0.25, 0.3) is 0 Å². The number of hydrogen-bond acceptors (Lipinski definition) is 0. The van der Waals surface area contributed by atoms with Gasteiger partial charge in [-0.05, 0) is 33.7 Å². The predicted molar refractivity (Wildman–Crippen MR) is 72.1 cm³/mol. The first-order valence-electron chi connectivity index (χ1n) is 6.12. The van der Waals surface area contributed by atoms with Crippen LogP contribution in [0.5, 0.6) is 0 Å². The Morgan fingerprint density at radius 1 is 0.812 bits per heavy atom. The van der Waals surface area contributed by atoms with Gasteiger partial charge in [-0.2, -0.15) is 0 Å². The van der Waals surface area contributed by atoms with Gasteiger partial charge in [0.05, 0.1) is 0 Å². The third-order valence-corrected chi connectivity index (χ3v) is 3.20. The van der Waals surface area contributed by atoms with Crippen LogP contribution in [0.2, 0.25) is 0 Å². The van der Waals surface area contributed by atoms with Crippen molar-refractivity contribution in [2.45, 2.75) is 39.5 Å². The fraction of sp³-hybridized carbons (Fsp3) is 0.375. The first-order valence-corrected chi connectivity index (χ1v) is 6.12. The van der Waals surface area contributed by atoms with E-state index in [-0.39, 0.29) is 0 Å². The Labute approximate surface area is 98.3 Å². The maximum Gasteiger partial charge on any atom is -0.0149 e. The average Bonchev–Trinajstić information content (AvgIpc) is 2.27. The largest absolute Gasteiger partial charge is 0.0616 e. The van der Waals surface area contributed by atoms with Crippen molar-refractivity contribution in [1.82, 2.24) is 0 Å². The van der Waals surface area contributed by atoms with Crippen molar-refractivity contribution in [2.24, 2.45) is 0 Å². The molecule has 16 heavy (non-hydrogen) atoms. The molecular weight excluding hydrogens is 192 g/mol. The Morgan fingerprint density at radius 2 is 1.50 bits per heavy atom. The molecule has 0 amide bonds. The summed E-state index contributed by atoms with van der Waals surface area (Å²) in [6.07, 6.45) is 0. The monoisotopic (exact) mass is 212 g/mol. The SMILES string of the molecule is CC(C)c1cc(C(C)C)c2ccccc2c1. The van der Waals surface area contributed by atoms with E-state index in [2.05, 4.69) is 64.1 Å². The maximum atomic E-state index is 2.37. The Morgan fingerprint density at radius 3 is 2.12 bits per heavy atom. The van der Waals surface area contributed by atoms with Crippen LogP contribution in [0.4, 0.5) is 0 Å². The zero-order valence-corrected chi connectivity index (χ0v) is 10.6. The van der Waals surface area contributed by atoms with Crippen molar-refractivity contribution < 1.29 is 0 Å². The minimum atomic E-state index is 0.587. The molecule has 0 unspecified atom stereocenters. The van der Waals surface area contributed by atoms with Gasteiger partial charge in [0.1, 0.15) is 0 Å². The molecule has 0 heteroatoms. The fourth-order valence-corrected chi connectivity index (χ4v) is 2.18. The van der Waals surface area contributed by atoms with Gasteiger partial charge in [-0.1, -0.05) is 64.1 Å².